The number of amides is 1. The van der Waals surface area contributed by atoms with Crippen molar-refractivity contribution in [3.05, 3.63) is 65.4 Å². The Labute approximate surface area is 151 Å². The molecule has 0 aliphatic carbocycles. The summed E-state index contributed by atoms with van der Waals surface area (Å²) in [4.78, 5) is 26.2. The highest BCUT2D eigenvalue weighted by molar-refractivity contribution is 6.16. The first-order valence-corrected chi connectivity index (χ1v) is 8.03. The number of Topliss-reactive ketones (excluding diaryl/α,β-unsaturated/α-hetero) is 1. The zero-order valence-electron chi connectivity index (χ0n) is 14.7. The van der Waals surface area contributed by atoms with Gasteiger partial charge in [0.05, 0.1) is 25.8 Å². The van der Waals surface area contributed by atoms with E-state index in [4.69, 9.17) is 9.47 Å². The molecule has 0 bridgehead atoms. The van der Waals surface area contributed by atoms with E-state index in [0.717, 1.165) is 0 Å². The number of carbonyl (C=O) groups is 2. The van der Waals surface area contributed by atoms with Crippen molar-refractivity contribution in [1.29, 1.82) is 0 Å². The van der Waals surface area contributed by atoms with Gasteiger partial charge in [-0.2, -0.15) is 0 Å². The van der Waals surface area contributed by atoms with Crippen LogP contribution in [-0.2, 0) is 9.59 Å². The standard InChI is InChI=1S/C20H19NO5/c1-12(22)17-18(13-4-8-15(25-2)9-5-13)21(20(24)19(17)23)14-6-10-16(26-3)11-7-14/h4-11,18,23H,1-3H3/t18-/m1/s1. The van der Waals surface area contributed by atoms with Gasteiger partial charge in [-0.15, -0.1) is 0 Å². The van der Waals surface area contributed by atoms with Crippen LogP contribution in [0.15, 0.2) is 59.9 Å². The molecule has 3 rings (SSSR count). The maximum atomic E-state index is 12.7. The quantitative estimate of drug-likeness (QED) is 0.893. The van der Waals surface area contributed by atoms with Crippen LogP contribution >= 0.6 is 0 Å². The van der Waals surface area contributed by atoms with Gasteiger partial charge in [-0.05, 0) is 48.9 Å². The minimum Gasteiger partial charge on any atom is -0.503 e. The number of benzene rings is 2. The summed E-state index contributed by atoms with van der Waals surface area (Å²) in [7, 11) is 3.11. The molecule has 6 nitrogen and oxygen atoms in total. The van der Waals surface area contributed by atoms with E-state index in [0.29, 0.717) is 22.7 Å². The zero-order chi connectivity index (χ0) is 18.8. The van der Waals surface area contributed by atoms with E-state index in [1.165, 1.54) is 11.8 Å². The molecule has 0 saturated heterocycles. The second-order valence-electron chi connectivity index (χ2n) is 5.87. The van der Waals surface area contributed by atoms with Crippen molar-refractivity contribution < 1.29 is 24.2 Å². The fourth-order valence-corrected chi connectivity index (χ4v) is 3.08. The molecule has 0 fully saturated rings. The average Bonchev–Trinajstić information content (AvgIpc) is 2.93. The van der Waals surface area contributed by atoms with Crippen LogP contribution in [0.5, 0.6) is 11.5 Å². The number of hydrogen-bond acceptors (Lipinski definition) is 5. The van der Waals surface area contributed by atoms with Crippen LogP contribution in [0.25, 0.3) is 0 Å². The second kappa shape index (κ2) is 6.92. The lowest BCUT2D eigenvalue weighted by atomic mass is 9.96. The molecule has 0 spiro atoms. The van der Waals surface area contributed by atoms with Crippen LogP contribution in [-0.4, -0.2) is 31.0 Å². The number of ether oxygens (including phenoxy) is 2. The Morgan fingerprint density at radius 1 is 0.962 bits per heavy atom. The molecule has 1 aliphatic heterocycles. The monoisotopic (exact) mass is 353 g/mol. The predicted molar refractivity (Wildman–Crippen MR) is 96.6 cm³/mol. The Balaban J connectivity index is 2.11. The van der Waals surface area contributed by atoms with Crippen molar-refractivity contribution in [3.63, 3.8) is 0 Å². The van der Waals surface area contributed by atoms with Crippen LogP contribution in [0, 0.1) is 0 Å². The molecule has 1 N–H and O–H groups in total. The molecule has 1 atom stereocenters. The highest BCUT2D eigenvalue weighted by Gasteiger charge is 2.43. The number of rotatable bonds is 5. The molecule has 0 radical (unpaired) electrons. The van der Waals surface area contributed by atoms with Gasteiger partial charge in [0.2, 0.25) is 0 Å². The summed E-state index contributed by atoms with van der Waals surface area (Å²) in [6, 6.07) is 13.2. The van der Waals surface area contributed by atoms with Crippen LogP contribution in [0.2, 0.25) is 0 Å². The van der Waals surface area contributed by atoms with E-state index in [9.17, 15) is 14.7 Å². The Hall–Kier alpha value is -3.28. The normalized spacial score (nSPS) is 16.8. The van der Waals surface area contributed by atoms with Crippen LogP contribution < -0.4 is 14.4 Å². The van der Waals surface area contributed by atoms with Crippen molar-refractivity contribution in [2.45, 2.75) is 13.0 Å². The van der Waals surface area contributed by atoms with E-state index in [1.54, 1.807) is 62.8 Å². The molecular formula is C20H19NO5. The number of ketones is 1. The van der Waals surface area contributed by atoms with Gasteiger partial charge in [0.25, 0.3) is 5.91 Å². The van der Waals surface area contributed by atoms with Crippen LogP contribution in [0.4, 0.5) is 5.69 Å². The summed E-state index contributed by atoms with van der Waals surface area (Å²) < 4.78 is 10.3. The summed E-state index contributed by atoms with van der Waals surface area (Å²) in [5.74, 6) is -0.181. The maximum Gasteiger partial charge on any atom is 0.294 e. The molecule has 2 aromatic carbocycles. The third kappa shape index (κ3) is 2.90. The summed E-state index contributed by atoms with van der Waals surface area (Å²) in [6.07, 6.45) is 0. The molecule has 1 heterocycles. The molecule has 134 valence electrons. The lowest BCUT2D eigenvalue weighted by Crippen LogP contribution is -2.30. The first-order valence-electron chi connectivity index (χ1n) is 8.03. The fourth-order valence-electron chi connectivity index (χ4n) is 3.08. The minimum atomic E-state index is -0.709. The van der Waals surface area contributed by atoms with E-state index < -0.39 is 17.7 Å². The molecule has 1 amide bonds. The largest absolute Gasteiger partial charge is 0.503 e. The van der Waals surface area contributed by atoms with Crippen molar-refractivity contribution in [3.8, 4) is 11.5 Å². The summed E-state index contributed by atoms with van der Waals surface area (Å²) in [6.45, 7) is 1.34. The highest BCUT2D eigenvalue weighted by atomic mass is 16.5. The van der Waals surface area contributed by atoms with Gasteiger partial charge in [-0.25, -0.2) is 0 Å². The smallest absolute Gasteiger partial charge is 0.294 e. The Morgan fingerprint density at radius 2 is 1.46 bits per heavy atom. The van der Waals surface area contributed by atoms with Crippen molar-refractivity contribution in [2.24, 2.45) is 0 Å². The Bertz CT molecular complexity index is 868. The molecule has 0 unspecified atom stereocenters. The maximum absolute atomic E-state index is 12.7. The van der Waals surface area contributed by atoms with Gasteiger partial charge in [0.1, 0.15) is 11.5 Å². The SMILES string of the molecule is COc1ccc([C@@H]2C(C(C)=O)=C(O)C(=O)N2c2ccc(OC)cc2)cc1. The van der Waals surface area contributed by atoms with E-state index in [2.05, 4.69) is 0 Å². The molecule has 0 saturated carbocycles. The van der Waals surface area contributed by atoms with E-state index in [1.807, 2.05) is 0 Å². The van der Waals surface area contributed by atoms with Gasteiger partial charge >= 0.3 is 0 Å². The minimum absolute atomic E-state index is 0.0796. The number of hydrogen-bond donors (Lipinski definition) is 1. The number of aliphatic hydroxyl groups is 1. The van der Waals surface area contributed by atoms with Gasteiger partial charge in [-0.1, -0.05) is 12.1 Å². The van der Waals surface area contributed by atoms with Gasteiger partial charge in [0.15, 0.2) is 11.5 Å². The molecular weight excluding hydrogens is 334 g/mol. The third-order valence-electron chi connectivity index (χ3n) is 4.37. The van der Waals surface area contributed by atoms with Crippen molar-refractivity contribution in [2.75, 3.05) is 19.1 Å². The average molecular weight is 353 g/mol. The molecule has 6 heteroatoms. The first-order chi connectivity index (χ1) is 12.5. The van der Waals surface area contributed by atoms with Crippen molar-refractivity contribution in [1.82, 2.24) is 0 Å². The van der Waals surface area contributed by atoms with E-state index >= 15 is 0 Å². The summed E-state index contributed by atoms with van der Waals surface area (Å²) in [5, 5.41) is 10.3. The topological polar surface area (TPSA) is 76.1 Å². The zero-order valence-corrected chi connectivity index (χ0v) is 14.7. The summed E-state index contributed by atoms with van der Waals surface area (Å²) >= 11 is 0. The second-order valence-corrected chi connectivity index (χ2v) is 5.87. The van der Waals surface area contributed by atoms with E-state index in [-0.39, 0.29) is 11.4 Å². The molecule has 2 aromatic rings. The number of aliphatic hydroxyl groups excluding tert-OH is 1. The summed E-state index contributed by atoms with van der Waals surface area (Å²) in [5.41, 5.74) is 1.33. The number of anilines is 1. The molecule has 0 aromatic heterocycles. The number of carbonyl (C=O) groups excluding carboxylic acids is 2. The van der Waals surface area contributed by atoms with Crippen LogP contribution in [0.3, 0.4) is 0 Å². The lowest BCUT2D eigenvalue weighted by molar-refractivity contribution is -0.117. The first kappa shape index (κ1) is 17.5. The lowest BCUT2D eigenvalue weighted by Gasteiger charge is -2.27. The van der Waals surface area contributed by atoms with Gasteiger partial charge < -0.3 is 14.6 Å². The van der Waals surface area contributed by atoms with Gasteiger partial charge in [0, 0.05) is 5.69 Å². The highest BCUT2D eigenvalue weighted by Crippen LogP contribution is 2.41. The number of nitrogens with zero attached hydrogens (tertiary/aromatic N) is 1. The number of methoxy groups -OCH3 is 2. The molecule has 26 heavy (non-hydrogen) atoms. The van der Waals surface area contributed by atoms with Gasteiger partial charge in [-0.3, -0.25) is 14.5 Å². The Kier molecular flexibility index (Phi) is 4.67. The Morgan fingerprint density at radius 3 is 1.92 bits per heavy atom. The fraction of sp³-hybridized carbons (Fsp3) is 0.200. The van der Waals surface area contributed by atoms with Crippen LogP contribution in [0.1, 0.15) is 18.5 Å². The van der Waals surface area contributed by atoms with Crippen molar-refractivity contribution >= 4 is 17.4 Å². The molecule has 1 aliphatic rings. The predicted octanol–water partition coefficient (Wildman–Crippen LogP) is 3.19. The third-order valence-corrected chi connectivity index (χ3v) is 4.37.